The molecule has 9 N–H and O–H groups in total. The van der Waals surface area contributed by atoms with Gasteiger partial charge in [-0.1, -0.05) is 131 Å². The van der Waals surface area contributed by atoms with Crippen molar-refractivity contribution in [2.24, 2.45) is 0 Å². The number of halogens is 5. The number of benzene rings is 5. The fraction of sp³-hybridized carbons (Fsp3) is 0.219. The number of aromatic amines is 5. The zero-order chi connectivity index (χ0) is 96.7. The number of allylic oxidation sites excluding steroid dienone is 1. The van der Waals surface area contributed by atoms with Crippen molar-refractivity contribution in [2.45, 2.75) is 88.0 Å². The maximum absolute atomic E-state index is 14.8. The smallest absolute Gasteiger partial charge is 0.461 e. The first-order valence-corrected chi connectivity index (χ1v) is 43.1. The molecule has 0 amide bonds. The van der Waals surface area contributed by atoms with Crippen LogP contribution in [0.2, 0.25) is 0 Å². The highest BCUT2D eigenvalue weighted by molar-refractivity contribution is 9.10. The molecule has 0 saturated heterocycles. The fourth-order valence-corrected chi connectivity index (χ4v) is 12.9. The van der Waals surface area contributed by atoms with Gasteiger partial charge in [0.25, 0.3) is 5.69 Å². The van der Waals surface area contributed by atoms with E-state index in [4.69, 9.17) is 39.5 Å². The van der Waals surface area contributed by atoms with Gasteiger partial charge >= 0.3 is 42.9 Å². The largest absolute Gasteiger partial charge is 0.491 e. The van der Waals surface area contributed by atoms with E-state index in [1.54, 1.807) is 96.4 Å². The number of alkyl halides is 1. The number of carbonyl (C=O) groups excluding carboxylic acids is 7. The highest BCUT2D eigenvalue weighted by Crippen LogP contribution is 2.38. The van der Waals surface area contributed by atoms with Crippen LogP contribution >= 0.6 is 31.9 Å². The van der Waals surface area contributed by atoms with Crippen LogP contribution in [0.1, 0.15) is 145 Å². The fourth-order valence-electron chi connectivity index (χ4n) is 12.0. The first kappa shape index (κ1) is 104. The number of H-pyrrole nitrogens is 5. The van der Waals surface area contributed by atoms with Gasteiger partial charge in [0.15, 0.2) is 5.78 Å². The van der Waals surface area contributed by atoms with Gasteiger partial charge in [-0.25, -0.2) is 41.9 Å². The number of aryl methyl sites for hydroxylation is 4. The van der Waals surface area contributed by atoms with Crippen molar-refractivity contribution in [3.63, 3.8) is 0 Å². The number of hydrogen-bond acceptors (Lipinski definition) is 23. The van der Waals surface area contributed by atoms with E-state index in [0.29, 0.717) is 98.1 Å². The van der Waals surface area contributed by atoms with Gasteiger partial charge in [0.2, 0.25) is 0 Å². The normalized spacial score (nSPS) is 10.3. The first-order valence-electron chi connectivity index (χ1n) is 41.2. The van der Waals surface area contributed by atoms with E-state index in [-0.39, 0.29) is 66.0 Å². The lowest BCUT2D eigenvalue weighted by Crippen LogP contribution is -2.32. The number of fused-ring (bicyclic) bond motifs is 4. The van der Waals surface area contributed by atoms with Crippen LogP contribution in [0.5, 0.6) is 0 Å². The van der Waals surface area contributed by atoms with Crippen molar-refractivity contribution in [2.75, 3.05) is 59.5 Å². The zero-order valence-corrected chi connectivity index (χ0v) is 77.9. The van der Waals surface area contributed by atoms with Crippen molar-refractivity contribution in [3.8, 4) is 22.3 Å². The number of ether oxygens (including phenoxy) is 6. The van der Waals surface area contributed by atoms with Gasteiger partial charge in [-0.15, -0.1) is 0 Å². The lowest BCUT2D eigenvalue weighted by Gasteiger charge is -2.12. The van der Waals surface area contributed by atoms with Gasteiger partial charge in [-0.05, 0) is 188 Å². The Hall–Kier alpha value is -14.6. The first-order chi connectivity index (χ1) is 63.2. The summed E-state index contributed by atoms with van der Waals surface area (Å²) < 4.78 is 73.6. The van der Waals surface area contributed by atoms with E-state index in [2.05, 4.69) is 93.6 Å². The molecule has 36 heteroatoms. The van der Waals surface area contributed by atoms with Gasteiger partial charge in [-0.2, -0.15) is 0 Å². The zero-order valence-electron chi connectivity index (χ0n) is 74.7. The molecular weight excluding hydrogens is 1830 g/mol. The molecule has 0 saturated carbocycles. The third-order valence-corrected chi connectivity index (χ3v) is 19.3. The summed E-state index contributed by atoms with van der Waals surface area (Å²) in [5.41, 5.74) is 20.7. The van der Waals surface area contributed by atoms with Crippen LogP contribution in [0, 0.1) is 55.3 Å². The number of nitro groups is 1. The second-order valence-corrected chi connectivity index (χ2v) is 29.5. The van der Waals surface area contributed by atoms with E-state index in [1.807, 2.05) is 148 Å². The number of esters is 6. The van der Waals surface area contributed by atoms with Crippen LogP contribution in [0.3, 0.4) is 0 Å². The number of nitrogen functional groups attached to an aromatic ring is 1. The van der Waals surface area contributed by atoms with E-state index >= 15 is 0 Å². The number of anilines is 1. The van der Waals surface area contributed by atoms with Gasteiger partial charge in [0.1, 0.15) is 57.1 Å². The number of carbonyl (C=O) groups is 7. The lowest BCUT2D eigenvalue weighted by molar-refractivity contribution is -0.384. The molecule has 0 aliphatic carbocycles. The third-order valence-electron chi connectivity index (χ3n) is 17.9. The molecule has 30 nitrogen and oxygen atoms in total. The molecule has 0 aliphatic heterocycles. The monoisotopic (exact) mass is 1930 g/mol. The Kier molecular flexibility index (Phi) is 41.7. The average molecular weight is 1940 g/mol. The number of rotatable bonds is 21. The van der Waals surface area contributed by atoms with Crippen LogP contribution in [0.4, 0.5) is 24.5 Å². The summed E-state index contributed by atoms with van der Waals surface area (Å²) in [5.74, 6) is -4.00. The molecule has 0 atom stereocenters. The number of aromatic nitrogens is 10. The Bertz CT molecular complexity index is 6420. The highest BCUT2D eigenvalue weighted by Gasteiger charge is 2.29. The Morgan fingerprint density at radius 2 is 0.932 bits per heavy atom. The van der Waals surface area contributed by atoms with Crippen molar-refractivity contribution < 1.29 is 90.1 Å². The molecule has 0 bridgehead atoms. The molecule has 0 radical (unpaired) electrons. The van der Waals surface area contributed by atoms with E-state index in [9.17, 15) is 56.8 Å². The van der Waals surface area contributed by atoms with Crippen LogP contribution in [-0.2, 0) is 45.1 Å². The molecule has 0 fully saturated rings. The van der Waals surface area contributed by atoms with Gasteiger partial charge < -0.3 is 78.6 Å². The number of nitrogens with two attached hydrogens (primary N) is 1. The topological polar surface area (TPSA) is 423 Å². The van der Waals surface area contributed by atoms with E-state index < -0.39 is 47.4 Å². The molecule has 10 aromatic heterocycles. The number of hydrogen-bond donors (Lipinski definition) is 8. The minimum Gasteiger partial charge on any atom is -0.461 e. The summed E-state index contributed by atoms with van der Waals surface area (Å²) in [4.78, 5) is 124. The molecular formula is C96H101BBr2F3N13O17. The van der Waals surface area contributed by atoms with Gasteiger partial charge in [0, 0.05) is 94.9 Å². The summed E-state index contributed by atoms with van der Waals surface area (Å²) in [6.45, 7) is 21.8. The molecule has 0 spiro atoms. The third kappa shape index (κ3) is 30.8. The summed E-state index contributed by atoms with van der Waals surface area (Å²) in [7, 11) is 2.03. The van der Waals surface area contributed by atoms with Crippen molar-refractivity contribution in [1.29, 1.82) is 0 Å². The average Bonchev–Trinajstić information content (AvgIpc) is 1.58. The molecule has 0 aliphatic rings. The predicted octanol–water partition coefficient (Wildman–Crippen LogP) is 18.7. The Morgan fingerprint density at radius 1 is 0.500 bits per heavy atom. The summed E-state index contributed by atoms with van der Waals surface area (Å²) in [6.07, 6.45) is 5.95. The lowest BCUT2D eigenvalue weighted by atomic mass is 9.80. The molecule has 5 aromatic carbocycles. The predicted molar refractivity (Wildman–Crippen MR) is 508 cm³/mol. The van der Waals surface area contributed by atoms with Gasteiger partial charge in [0.05, 0.1) is 99.5 Å². The molecule has 15 rings (SSSR count). The Labute approximate surface area is 776 Å². The minimum atomic E-state index is -1.72. The van der Waals surface area contributed by atoms with Crippen LogP contribution in [0.25, 0.3) is 66.4 Å². The summed E-state index contributed by atoms with van der Waals surface area (Å²) in [5, 5.41) is 28.2. The summed E-state index contributed by atoms with van der Waals surface area (Å²) >= 11 is 6.72. The number of nitrogens with zero attached hydrogens (tertiary/aromatic N) is 7. The minimum absolute atomic E-state index is 0.0821. The highest BCUT2D eigenvalue weighted by atomic mass is 79.9. The maximum atomic E-state index is 14.8. The number of ketones is 1. The van der Waals surface area contributed by atoms with Crippen molar-refractivity contribution in [3.05, 3.63) is 325 Å². The standard InChI is InChI=1S/C24H21FN2O2.C17H15FN2O2.C11H11BrN2O2.C11H12N2O2.C7H7Br.C7H8N2O4.C7H10N2O2.C6H6BFO2.C6H11NO/c1-3-29-24(28)23-21(18-11-7-8-12-19(18)25)22-20(14-13-16(2)26-22)27(23)15-17-9-5-4-6-10-17;1-3-22-17(21)16-14(11-6-4-5-7-12(11)18)15-13(20-16)9-8-10(2)19-15;1-3-16-11(15)10-8(12)9-7(14-10)5-4-6(2)13-9;1-3-15-11(14)10-6-9-8(13-10)5-4-7(2)12-9;8-6-7-4-2-1-3-5-7;1-2-13-7(10)6-3-5(4-8-6)9(11)12;1-2-11-7(10)6-3-5(8)4-9-6;8-6-4-2-1-3-5(6)7(9)10;1-6(8)4-5-7(2)3/h4-14H,3,15H2,1-2H3;4-9,20H,3H2,1-2H3;4-5,14H,3H2,1-2H3;4-6,13H,3H2,1-2H3;1-5H,6H2;3-4,8H,2H2,1H3;3-4,9H,2,8H2,1H3;1-4,9-10H;4-5H,1-3H3/b;;;;;;;;5-4+. The molecule has 15 aromatic rings. The van der Waals surface area contributed by atoms with Crippen LogP contribution < -0.4 is 11.2 Å². The van der Waals surface area contributed by atoms with Crippen molar-refractivity contribution >= 4 is 142 Å². The second kappa shape index (κ2) is 52.8. The van der Waals surface area contributed by atoms with Crippen LogP contribution in [-0.4, -0.2) is 172 Å². The maximum Gasteiger partial charge on any atom is 0.491 e. The van der Waals surface area contributed by atoms with Crippen LogP contribution in [0.15, 0.2) is 229 Å². The Morgan fingerprint density at radius 3 is 1.40 bits per heavy atom. The SMILES string of the molecule is BrCc1ccccc1.CC(=O)/C=C/N(C)C.CCOC(=O)c1[nH]c2ccc(C)nc2c1-c1ccccc1F.CCOC(=O)c1[nH]c2ccc(C)nc2c1Br.CCOC(=O)c1c(-c2ccccc2F)c2nc(C)ccc2n1Cc1ccccc1.CCOC(=O)c1cc(N)c[nH]1.CCOC(=O)c1cc([N+](=O)[O-])c[nH]1.CCOC(=O)c1cc2nc(C)ccc2[nH]1.OB(O)c1ccccc1F. The van der Waals surface area contributed by atoms with Gasteiger partial charge in [-0.3, -0.25) is 34.8 Å². The van der Waals surface area contributed by atoms with Crippen molar-refractivity contribution in [1.82, 2.24) is 54.3 Å². The molecule has 0 unspecified atom stereocenters. The quantitative estimate of drug-likeness (QED) is 0.00630. The molecule has 132 heavy (non-hydrogen) atoms. The summed E-state index contributed by atoms with van der Waals surface area (Å²) in [6, 6.07) is 57.8. The number of pyridine rings is 4. The van der Waals surface area contributed by atoms with E-state index in [1.165, 1.54) is 61.0 Å². The Balaban J connectivity index is 0.000000210. The molecule has 10 heterocycles. The number of nitrogens with one attached hydrogen (secondary N) is 5. The van der Waals surface area contributed by atoms with E-state index in [0.717, 1.165) is 73.5 Å². The second-order valence-electron chi connectivity index (χ2n) is 28.1. The molecule has 690 valence electrons.